The summed E-state index contributed by atoms with van der Waals surface area (Å²) in [6.45, 7) is 0.211. The van der Waals surface area contributed by atoms with Gasteiger partial charge in [0.1, 0.15) is 12.4 Å². The highest BCUT2D eigenvalue weighted by Gasteiger charge is 2.13. The van der Waals surface area contributed by atoms with E-state index in [1.165, 1.54) is 25.3 Å². The molecule has 0 aliphatic heterocycles. The summed E-state index contributed by atoms with van der Waals surface area (Å²) in [6, 6.07) is 11.9. The highest BCUT2D eigenvalue weighted by molar-refractivity contribution is 5.74. The number of nitrogens with zero attached hydrogens (tertiary/aromatic N) is 2. The molecule has 0 atom stereocenters. The van der Waals surface area contributed by atoms with E-state index in [2.05, 4.69) is 9.97 Å². The number of imidazole rings is 1. The van der Waals surface area contributed by atoms with Crippen molar-refractivity contribution in [3.05, 3.63) is 58.4 Å². The summed E-state index contributed by atoms with van der Waals surface area (Å²) in [4.78, 5) is 17.8. The molecule has 0 amide bonds. The second kappa shape index (κ2) is 5.72. The van der Waals surface area contributed by atoms with E-state index in [-0.39, 0.29) is 12.3 Å². The van der Waals surface area contributed by atoms with Gasteiger partial charge >= 0.3 is 0 Å². The van der Waals surface area contributed by atoms with Crippen LogP contribution in [0.5, 0.6) is 11.5 Å². The first kappa shape index (κ1) is 13.9. The van der Waals surface area contributed by atoms with Crippen molar-refractivity contribution >= 4 is 16.7 Å². The van der Waals surface area contributed by atoms with Crippen LogP contribution in [0.4, 0.5) is 5.69 Å². The summed E-state index contributed by atoms with van der Waals surface area (Å²) >= 11 is 0. The Kier molecular flexibility index (Phi) is 3.61. The van der Waals surface area contributed by atoms with Crippen LogP contribution >= 0.6 is 0 Å². The van der Waals surface area contributed by atoms with Gasteiger partial charge in [-0.2, -0.15) is 0 Å². The summed E-state index contributed by atoms with van der Waals surface area (Å²) in [5, 5.41) is 10.8. The molecule has 1 N–H and O–H groups in total. The lowest BCUT2D eigenvalue weighted by molar-refractivity contribution is -0.385. The van der Waals surface area contributed by atoms with Gasteiger partial charge in [-0.25, -0.2) is 4.98 Å². The molecule has 3 aromatic rings. The molecule has 0 aliphatic carbocycles. The highest BCUT2D eigenvalue weighted by Crippen LogP contribution is 2.31. The Balaban J connectivity index is 1.79. The third-order valence-corrected chi connectivity index (χ3v) is 3.16. The van der Waals surface area contributed by atoms with Gasteiger partial charge in [0.2, 0.25) is 0 Å². The van der Waals surface area contributed by atoms with Crippen LogP contribution in [0.2, 0.25) is 0 Å². The summed E-state index contributed by atoms with van der Waals surface area (Å²) in [7, 11) is 1.44. The van der Waals surface area contributed by atoms with E-state index < -0.39 is 4.92 Å². The van der Waals surface area contributed by atoms with Gasteiger partial charge in [-0.1, -0.05) is 12.1 Å². The Morgan fingerprint density at radius 1 is 1.23 bits per heavy atom. The van der Waals surface area contributed by atoms with Crippen LogP contribution in [-0.4, -0.2) is 22.0 Å². The van der Waals surface area contributed by atoms with E-state index in [9.17, 15) is 10.1 Å². The van der Waals surface area contributed by atoms with Gasteiger partial charge in [0.15, 0.2) is 11.5 Å². The zero-order valence-electron chi connectivity index (χ0n) is 11.8. The number of aromatic amines is 1. The fraction of sp³-hybridized carbons (Fsp3) is 0.133. The molecule has 0 saturated carbocycles. The van der Waals surface area contributed by atoms with Gasteiger partial charge in [0, 0.05) is 6.07 Å². The van der Waals surface area contributed by atoms with E-state index in [1.807, 2.05) is 24.3 Å². The van der Waals surface area contributed by atoms with Crippen molar-refractivity contribution in [3.63, 3.8) is 0 Å². The van der Waals surface area contributed by atoms with E-state index >= 15 is 0 Å². The van der Waals surface area contributed by atoms with Crippen LogP contribution in [0.3, 0.4) is 0 Å². The number of nitrogens with one attached hydrogen (secondary N) is 1. The van der Waals surface area contributed by atoms with Gasteiger partial charge in [0.25, 0.3) is 5.69 Å². The van der Waals surface area contributed by atoms with Gasteiger partial charge in [-0.15, -0.1) is 0 Å². The summed E-state index contributed by atoms with van der Waals surface area (Å²) in [5.74, 6) is 1.40. The third-order valence-electron chi connectivity index (χ3n) is 3.16. The normalized spacial score (nSPS) is 10.6. The molecule has 22 heavy (non-hydrogen) atoms. The molecule has 1 heterocycles. The fourth-order valence-electron chi connectivity index (χ4n) is 2.11. The van der Waals surface area contributed by atoms with E-state index in [1.54, 1.807) is 0 Å². The molecule has 0 bridgehead atoms. The molecule has 0 unspecified atom stereocenters. The third kappa shape index (κ3) is 2.69. The number of benzene rings is 2. The van der Waals surface area contributed by atoms with Crippen molar-refractivity contribution in [2.45, 2.75) is 6.61 Å². The molecule has 0 radical (unpaired) electrons. The lowest BCUT2D eigenvalue weighted by Crippen LogP contribution is -2.00. The average Bonchev–Trinajstić information content (AvgIpc) is 2.95. The minimum Gasteiger partial charge on any atom is -0.493 e. The number of hydrogen-bond donors (Lipinski definition) is 1. The Morgan fingerprint density at radius 2 is 2.05 bits per heavy atom. The maximum Gasteiger partial charge on any atom is 0.273 e. The predicted molar refractivity (Wildman–Crippen MR) is 80.1 cm³/mol. The first-order chi connectivity index (χ1) is 10.7. The van der Waals surface area contributed by atoms with Crippen molar-refractivity contribution in [2.24, 2.45) is 0 Å². The molecule has 0 fully saturated rings. The molecule has 2 aromatic carbocycles. The quantitative estimate of drug-likeness (QED) is 0.577. The minimum atomic E-state index is -0.481. The fourth-order valence-corrected chi connectivity index (χ4v) is 2.11. The maximum absolute atomic E-state index is 10.8. The van der Waals surface area contributed by atoms with Crippen LogP contribution in [-0.2, 0) is 6.61 Å². The SMILES string of the molecule is COc1cc([N+](=O)[O-])ccc1OCc1nc2ccccc2[nH]1. The zero-order chi connectivity index (χ0) is 15.5. The molecule has 1 aromatic heterocycles. The maximum atomic E-state index is 10.8. The molecule has 0 spiro atoms. The molecule has 7 heteroatoms. The monoisotopic (exact) mass is 299 g/mol. The van der Waals surface area contributed by atoms with Gasteiger partial charge in [-0.3, -0.25) is 10.1 Å². The largest absolute Gasteiger partial charge is 0.493 e. The lowest BCUT2D eigenvalue weighted by Gasteiger charge is -2.09. The Bertz CT molecular complexity index is 796. The molecule has 112 valence electrons. The topological polar surface area (TPSA) is 90.3 Å². The van der Waals surface area contributed by atoms with Crippen LogP contribution in [0, 0.1) is 10.1 Å². The van der Waals surface area contributed by atoms with Gasteiger partial charge in [-0.05, 0) is 18.2 Å². The summed E-state index contributed by atoms with van der Waals surface area (Å²) < 4.78 is 10.8. The smallest absolute Gasteiger partial charge is 0.273 e. The molecule has 0 saturated heterocycles. The Labute approximate surface area is 125 Å². The number of hydrogen-bond acceptors (Lipinski definition) is 5. The average molecular weight is 299 g/mol. The lowest BCUT2D eigenvalue weighted by atomic mass is 10.3. The van der Waals surface area contributed by atoms with Crippen molar-refractivity contribution < 1.29 is 14.4 Å². The Morgan fingerprint density at radius 3 is 2.77 bits per heavy atom. The number of non-ortho nitro benzene ring substituents is 1. The molecule has 7 nitrogen and oxygen atoms in total. The zero-order valence-corrected chi connectivity index (χ0v) is 11.8. The molecule has 0 aliphatic rings. The Hall–Kier alpha value is -3.09. The van der Waals surface area contributed by atoms with Crippen molar-refractivity contribution in [1.29, 1.82) is 0 Å². The van der Waals surface area contributed by atoms with E-state index in [0.717, 1.165) is 11.0 Å². The van der Waals surface area contributed by atoms with Crippen LogP contribution in [0.15, 0.2) is 42.5 Å². The molecule has 3 rings (SSSR count). The number of para-hydroxylation sites is 2. The van der Waals surface area contributed by atoms with Crippen molar-refractivity contribution in [3.8, 4) is 11.5 Å². The highest BCUT2D eigenvalue weighted by atomic mass is 16.6. The standard InChI is InChI=1S/C15H13N3O4/c1-21-14-8-10(18(19)20)6-7-13(14)22-9-15-16-11-4-2-3-5-12(11)17-15/h2-8H,9H2,1H3,(H,16,17). The first-order valence-corrected chi connectivity index (χ1v) is 6.56. The van der Waals surface area contributed by atoms with Gasteiger partial charge in [0.05, 0.1) is 29.1 Å². The van der Waals surface area contributed by atoms with Crippen LogP contribution in [0.1, 0.15) is 5.82 Å². The number of aromatic nitrogens is 2. The van der Waals surface area contributed by atoms with Crippen LogP contribution < -0.4 is 9.47 Å². The number of rotatable bonds is 5. The van der Waals surface area contributed by atoms with Crippen molar-refractivity contribution in [1.82, 2.24) is 9.97 Å². The number of ether oxygens (including phenoxy) is 2. The molecular formula is C15H13N3O4. The number of methoxy groups -OCH3 is 1. The van der Waals surface area contributed by atoms with Crippen molar-refractivity contribution in [2.75, 3.05) is 7.11 Å². The summed E-state index contributed by atoms with van der Waals surface area (Å²) in [5.41, 5.74) is 1.74. The van der Waals surface area contributed by atoms with E-state index in [4.69, 9.17) is 9.47 Å². The van der Waals surface area contributed by atoms with Gasteiger partial charge < -0.3 is 14.5 Å². The van der Waals surface area contributed by atoms with Crippen LogP contribution in [0.25, 0.3) is 11.0 Å². The second-order valence-electron chi connectivity index (χ2n) is 4.58. The predicted octanol–water partition coefficient (Wildman–Crippen LogP) is 3.06. The summed E-state index contributed by atoms with van der Waals surface area (Å²) in [6.07, 6.45) is 0. The van der Waals surface area contributed by atoms with E-state index in [0.29, 0.717) is 17.3 Å². The minimum absolute atomic E-state index is 0.0482. The second-order valence-corrected chi connectivity index (χ2v) is 4.58. The number of fused-ring (bicyclic) bond motifs is 1. The molecular weight excluding hydrogens is 286 g/mol. The number of nitro benzene ring substituents is 1. The first-order valence-electron chi connectivity index (χ1n) is 6.56. The number of H-pyrrole nitrogens is 1. The number of nitro groups is 1.